The Bertz CT molecular complexity index is 715. The van der Waals surface area contributed by atoms with Gasteiger partial charge in [0, 0.05) is 18.3 Å². The number of hydrogen-bond acceptors (Lipinski definition) is 4. The van der Waals surface area contributed by atoms with Crippen molar-refractivity contribution < 1.29 is 9.47 Å². The Kier molecular flexibility index (Phi) is 6.54. The Labute approximate surface area is 149 Å². The second kappa shape index (κ2) is 8.85. The molecule has 3 N–H and O–H groups in total. The van der Waals surface area contributed by atoms with Crippen LogP contribution < -0.4 is 15.6 Å². The van der Waals surface area contributed by atoms with E-state index in [1.54, 1.807) is 14.2 Å². The average Bonchev–Trinajstić information content (AvgIpc) is 2.64. The van der Waals surface area contributed by atoms with Gasteiger partial charge in [0.25, 0.3) is 0 Å². The minimum atomic E-state index is 0. The zero-order chi connectivity index (χ0) is 16.8. The van der Waals surface area contributed by atoms with Gasteiger partial charge in [-0.25, -0.2) is 0 Å². The molecule has 0 saturated heterocycles. The molecular formula is C21H24N2O2. The van der Waals surface area contributed by atoms with Crippen molar-refractivity contribution in [1.29, 1.82) is 0 Å². The van der Waals surface area contributed by atoms with E-state index in [9.17, 15) is 0 Å². The van der Waals surface area contributed by atoms with Gasteiger partial charge in [0.15, 0.2) is 0 Å². The number of ether oxygens (including phenoxy) is 2. The fraction of sp³-hybridized carbons (Fsp3) is 0.190. The standard InChI is InChI=1S/C21H21NO2.H3N/c1-23-19-9-5-16(6-10-19)14-18-4-3-13-22-21(18)15-17-7-11-20(24-2)12-8-17;/h3-13H,14-15H2,1-2H3;1H3. The maximum Gasteiger partial charge on any atom is 0.118 e. The van der Waals surface area contributed by atoms with Gasteiger partial charge in [0.05, 0.1) is 14.2 Å². The van der Waals surface area contributed by atoms with Crippen LogP contribution >= 0.6 is 0 Å². The molecule has 0 radical (unpaired) electrons. The molecule has 25 heavy (non-hydrogen) atoms. The predicted molar refractivity (Wildman–Crippen MR) is 101 cm³/mol. The highest BCUT2D eigenvalue weighted by Crippen LogP contribution is 2.19. The van der Waals surface area contributed by atoms with E-state index in [4.69, 9.17) is 9.47 Å². The molecule has 0 saturated carbocycles. The van der Waals surface area contributed by atoms with E-state index in [1.165, 1.54) is 16.7 Å². The Hall–Kier alpha value is -2.85. The molecule has 0 aliphatic rings. The molecule has 0 amide bonds. The second-order valence-corrected chi connectivity index (χ2v) is 5.66. The summed E-state index contributed by atoms with van der Waals surface area (Å²) in [5.74, 6) is 1.75. The van der Waals surface area contributed by atoms with E-state index >= 15 is 0 Å². The summed E-state index contributed by atoms with van der Waals surface area (Å²) in [7, 11) is 3.36. The van der Waals surface area contributed by atoms with Crippen LogP contribution in [0.4, 0.5) is 0 Å². The number of hydrogen-bond donors (Lipinski definition) is 1. The summed E-state index contributed by atoms with van der Waals surface area (Å²) in [6.45, 7) is 0. The first kappa shape index (κ1) is 18.5. The zero-order valence-electron chi connectivity index (χ0n) is 14.7. The van der Waals surface area contributed by atoms with Gasteiger partial charge in [-0.1, -0.05) is 30.3 Å². The third-order valence-corrected chi connectivity index (χ3v) is 4.07. The number of nitrogens with zero attached hydrogens (tertiary/aromatic N) is 1. The zero-order valence-corrected chi connectivity index (χ0v) is 14.7. The van der Waals surface area contributed by atoms with Crippen molar-refractivity contribution in [1.82, 2.24) is 11.1 Å². The summed E-state index contributed by atoms with van der Waals surface area (Å²) < 4.78 is 10.4. The van der Waals surface area contributed by atoms with Gasteiger partial charge in [-0.2, -0.15) is 0 Å². The third kappa shape index (κ3) is 4.81. The van der Waals surface area contributed by atoms with Gasteiger partial charge in [0.2, 0.25) is 0 Å². The van der Waals surface area contributed by atoms with Crippen molar-refractivity contribution in [2.24, 2.45) is 0 Å². The van der Waals surface area contributed by atoms with E-state index in [-0.39, 0.29) is 6.15 Å². The van der Waals surface area contributed by atoms with Crippen LogP contribution in [0.5, 0.6) is 11.5 Å². The van der Waals surface area contributed by atoms with Gasteiger partial charge in [-0.15, -0.1) is 0 Å². The van der Waals surface area contributed by atoms with Crippen molar-refractivity contribution in [3.63, 3.8) is 0 Å². The molecule has 0 fully saturated rings. The van der Waals surface area contributed by atoms with E-state index < -0.39 is 0 Å². The predicted octanol–water partition coefficient (Wildman–Crippen LogP) is 4.44. The quantitative estimate of drug-likeness (QED) is 0.722. The summed E-state index contributed by atoms with van der Waals surface area (Å²) in [5, 5.41) is 0. The molecule has 0 bridgehead atoms. The number of rotatable bonds is 6. The highest BCUT2D eigenvalue weighted by molar-refractivity contribution is 5.36. The van der Waals surface area contributed by atoms with Crippen molar-refractivity contribution in [3.05, 3.63) is 89.2 Å². The minimum absolute atomic E-state index is 0. The first-order chi connectivity index (χ1) is 11.8. The van der Waals surface area contributed by atoms with E-state index in [0.29, 0.717) is 0 Å². The van der Waals surface area contributed by atoms with Crippen molar-refractivity contribution >= 4 is 0 Å². The number of benzene rings is 2. The van der Waals surface area contributed by atoms with Crippen LogP contribution in [-0.2, 0) is 12.8 Å². The molecule has 0 aliphatic carbocycles. The molecule has 0 spiro atoms. The SMILES string of the molecule is COc1ccc(Cc2cccnc2Cc2ccc(OC)cc2)cc1.N. The average molecular weight is 336 g/mol. The molecule has 0 atom stereocenters. The van der Waals surface area contributed by atoms with E-state index in [0.717, 1.165) is 30.0 Å². The number of pyridine rings is 1. The maximum absolute atomic E-state index is 5.22. The van der Waals surface area contributed by atoms with Crippen LogP contribution in [0.1, 0.15) is 22.4 Å². The smallest absolute Gasteiger partial charge is 0.118 e. The van der Waals surface area contributed by atoms with Crippen LogP contribution in [-0.4, -0.2) is 19.2 Å². The second-order valence-electron chi connectivity index (χ2n) is 5.66. The Balaban J connectivity index is 0.00000225. The molecule has 3 aromatic rings. The summed E-state index contributed by atoms with van der Waals surface area (Å²) >= 11 is 0. The van der Waals surface area contributed by atoms with Gasteiger partial charge in [-0.05, 0) is 53.4 Å². The fourth-order valence-electron chi connectivity index (χ4n) is 2.69. The summed E-state index contributed by atoms with van der Waals surface area (Å²) in [6, 6.07) is 20.5. The largest absolute Gasteiger partial charge is 0.497 e. The van der Waals surface area contributed by atoms with Crippen LogP contribution in [0.2, 0.25) is 0 Å². The highest BCUT2D eigenvalue weighted by Gasteiger charge is 2.06. The normalized spacial score (nSPS) is 10.0. The lowest BCUT2D eigenvalue weighted by atomic mass is 9.99. The lowest BCUT2D eigenvalue weighted by molar-refractivity contribution is 0.414. The van der Waals surface area contributed by atoms with E-state index in [2.05, 4.69) is 35.3 Å². The van der Waals surface area contributed by atoms with Gasteiger partial charge in [0.1, 0.15) is 11.5 Å². The molecule has 1 aromatic heterocycles. The van der Waals surface area contributed by atoms with Crippen molar-refractivity contribution in [2.45, 2.75) is 12.8 Å². The Morgan fingerprint density at radius 1 is 0.720 bits per heavy atom. The van der Waals surface area contributed by atoms with Gasteiger partial charge in [-0.3, -0.25) is 4.98 Å². The molecule has 130 valence electrons. The van der Waals surface area contributed by atoms with Crippen LogP contribution in [0.15, 0.2) is 66.9 Å². The molecule has 3 rings (SSSR count). The van der Waals surface area contributed by atoms with Crippen LogP contribution in [0.3, 0.4) is 0 Å². The monoisotopic (exact) mass is 336 g/mol. The summed E-state index contributed by atoms with van der Waals surface area (Å²) in [4.78, 5) is 4.59. The molecule has 4 heteroatoms. The lowest BCUT2D eigenvalue weighted by Crippen LogP contribution is -2.00. The van der Waals surface area contributed by atoms with Crippen LogP contribution in [0, 0.1) is 0 Å². The molecular weight excluding hydrogens is 312 g/mol. The van der Waals surface area contributed by atoms with Crippen molar-refractivity contribution in [3.8, 4) is 11.5 Å². The highest BCUT2D eigenvalue weighted by atomic mass is 16.5. The third-order valence-electron chi connectivity index (χ3n) is 4.07. The van der Waals surface area contributed by atoms with Gasteiger partial charge >= 0.3 is 0 Å². The first-order valence-corrected chi connectivity index (χ1v) is 7.97. The molecule has 0 unspecified atom stereocenters. The minimum Gasteiger partial charge on any atom is -0.497 e. The molecule has 2 aromatic carbocycles. The number of aromatic nitrogens is 1. The van der Waals surface area contributed by atoms with Gasteiger partial charge < -0.3 is 15.6 Å². The Morgan fingerprint density at radius 3 is 1.76 bits per heavy atom. The summed E-state index contributed by atoms with van der Waals surface area (Å²) in [5.41, 5.74) is 4.84. The van der Waals surface area contributed by atoms with Crippen molar-refractivity contribution in [2.75, 3.05) is 14.2 Å². The van der Waals surface area contributed by atoms with E-state index in [1.807, 2.05) is 36.5 Å². The van der Waals surface area contributed by atoms with Crippen LogP contribution in [0.25, 0.3) is 0 Å². The summed E-state index contributed by atoms with van der Waals surface area (Å²) in [6.07, 6.45) is 3.54. The molecule has 4 nitrogen and oxygen atoms in total. The maximum atomic E-state index is 5.22. The Morgan fingerprint density at radius 2 is 1.24 bits per heavy atom. The topological polar surface area (TPSA) is 66.3 Å². The molecule has 1 heterocycles. The fourth-order valence-corrected chi connectivity index (χ4v) is 2.69. The lowest BCUT2D eigenvalue weighted by Gasteiger charge is -2.10. The molecule has 0 aliphatic heterocycles. The first-order valence-electron chi connectivity index (χ1n) is 7.97. The number of methoxy groups -OCH3 is 2.